The molecule has 166 valence electrons. The van der Waals surface area contributed by atoms with Crippen LogP contribution in [0.15, 0.2) is 83.8 Å². The van der Waals surface area contributed by atoms with Crippen molar-refractivity contribution in [2.45, 2.75) is 4.90 Å². The number of hydrogen-bond acceptors (Lipinski definition) is 7. The first-order chi connectivity index (χ1) is 16.4. The van der Waals surface area contributed by atoms with E-state index in [9.17, 15) is 23.8 Å². The number of nitriles is 1. The maximum Gasteiger partial charge on any atom is 0.269 e. The van der Waals surface area contributed by atoms with Gasteiger partial charge in [0.2, 0.25) is 0 Å². The first-order valence-electron chi connectivity index (χ1n) is 9.93. The maximum atomic E-state index is 13.2. The molecule has 0 atom stereocenters. The molecular formula is C23H14N6O4S. The molecule has 0 spiro atoms. The molecule has 0 unspecified atom stereocenters. The highest BCUT2D eigenvalue weighted by Gasteiger charge is 2.26. The van der Waals surface area contributed by atoms with Crippen LogP contribution < -0.4 is 4.72 Å². The van der Waals surface area contributed by atoms with Crippen LogP contribution in [0.2, 0.25) is 0 Å². The molecule has 0 amide bonds. The lowest BCUT2D eigenvalue weighted by atomic mass is 10.2. The summed E-state index contributed by atoms with van der Waals surface area (Å²) in [6, 6.07) is 22.5. The molecule has 2 aromatic heterocycles. The van der Waals surface area contributed by atoms with E-state index in [0.29, 0.717) is 22.4 Å². The van der Waals surface area contributed by atoms with Crippen molar-refractivity contribution < 1.29 is 13.3 Å². The molecule has 10 nitrogen and oxygen atoms in total. The smallest absolute Gasteiger partial charge is 0.269 e. The molecule has 0 aliphatic heterocycles. The van der Waals surface area contributed by atoms with E-state index in [1.807, 2.05) is 12.1 Å². The summed E-state index contributed by atoms with van der Waals surface area (Å²) in [7, 11) is -4.21. The van der Waals surface area contributed by atoms with Crippen molar-refractivity contribution in [3.8, 4) is 11.8 Å². The van der Waals surface area contributed by atoms with Gasteiger partial charge in [0, 0.05) is 17.8 Å². The molecule has 1 N–H and O–H groups in total. The number of nitrogens with one attached hydrogen (secondary N) is 1. The predicted octanol–water partition coefficient (Wildman–Crippen LogP) is 4.15. The Hall–Kier alpha value is -4.82. The van der Waals surface area contributed by atoms with E-state index in [-0.39, 0.29) is 27.5 Å². The van der Waals surface area contributed by atoms with Crippen LogP contribution in [0.4, 0.5) is 11.5 Å². The van der Waals surface area contributed by atoms with Gasteiger partial charge in [0.15, 0.2) is 5.65 Å². The summed E-state index contributed by atoms with van der Waals surface area (Å²) in [5.74, 6) is -0.0302. The van der Waals surface area contributed by atoms with Crippen LogP contribution in [-0.4, -0.2) is 27.9 Å². The van der Waals surface area contributed by atoms with Crippen LogP contribution in [0.3, 0.4) is 0 Å². The number of aromatic nitrogens is 3. The lowest BCUT2D eigenvalue weighted by Gasteiger charge is -2.13. The number of nitrogens with zero attached hydrogens (tertiary/aromatic N) is 5. The van der Waals surface area contributed by atoms with Gasteiger partial charge < -0.3 is 0 Å². The number of nitro benzene ring substituents is 1. The number of anilines is 1. The van der Waals surface area contributed by atoms with E-state index in [0.717, 1.165) is 24.3 Å². The van der Waals surface area contributed by atoms with Crippen molar-refractivity contribution in [1.82, 2.24) is 14.5 Å². The SMILES string of the molecule is N#Cc1c(NS(=O)(=O)c2ccc([N+](=O)[O-])cc2)n(-c2ccccc2)c2nc3ccccc3nc12. The standard InChI is InChI=1S/C23H14N6O4S/c24-14-18-21-23(26-20-9-5-4-8-19(20)25-21)28(15-6-2-1-3-7-15)22(18)27-34(32,33)17-12-10-16(11-13-17)29(30)31/h1-13,27H. The Kier molecular flexibility index (Phi) is 4.92. The summed E-state index contributed by atoms with van der Waals surface area (Å²) >= 11 is 0. The van der Waals surface area contributed by atoms with E-state index in [1.54, 1.807) is 42.5 Å². The summed E-state index contributed by atoms with van der Waals surface area (Å²) in [5.41, 5.74) is 2.02. The van der Waals surface area contributed by atoms with E-state index < -0.39 is 14.9 Å². The monoisotopic (exact) mass is 470 g/mol. The third-order valence-electron chi connectivity index (χ3n) is 5.18. The fourth-order valence-corrected chi connectivity index (χ4v) is 4.67. The highest BCUT2D eigenvalue weighted by Crippen LogP contribution is 2.33. The number of hydrogen-bond donors (Lipinski definition) is 1. The highest BCUT2D eigenvalue weighted by atomic mass is 32.2. The van der Waals surface area contributed by atoms with Crippen LogP contribution in [0.5, 0.6) is 0 Å². The van der Waals surface area contributed by atoms with Gasteiger partial charge in [-0.3, -0.25) is 19.4 Å². The lowest BCUT2D eigenvalue weighted by molar-refractivity contribution is -0.384. The molecule has 0 saturated heterocycles. The van der Waals surface area contributed by atoms with Gasteiger partial charge in [0.1, 0.15) is 23.0 Å². The summed E-state index contributed by atoms with van der Waals surface area (Å²) in [6.07, 6.45) is 0. The van der Waals surface area contributed by atoms with Crippen molar-refractivity contribution in [2.75, 3.05) is 4.72 Å². The van der Waals surface area contributed by atoms with Gasteiger partial charge in [-0.15, -0.1) is 0 Å². The number of non-ortho nitro benzene ring substituents is 1. The van der Waals surface area contributed by atoms with Crippen molar-refractivity contribution in [1.29, 1.82) is 5.26 Å². The van der Waals surface area contributed by atoms with Crippen LogP contribution >= 0.6 is 0 Å². The van der Waals surface area contributed by atoms with Crippen LogP contribution in [0.25, 0.3) is 27.9 Å². The Labute approximate surface area is 192 Å². The molecule has 0 fully saturated rings. The first-order valence-corrected chi connectivity index (χ1v) is 11.4. The Morgan fingerprint density at radius 3 is 2.15 bits per heavy atom. The zero-order chi connectivity index (χ0) is 23.9. The molecule has 0 aliphatic carbocycles. The minimum absolute atomic E-state index is 0.00240. The lowest BCUT2D eigenvalue weighted by Crippen LogP contribution is -2.16. The number of fused-ring (bicyclic) bond motifs is 2. The third kappa shape index (κ3) is 3.48. The highest BCUT2D eigenvalue weighted by molar-refractivity contribution is 7.92. The van der Waals surface area contributed by atoms with Gasteiger partial charge in [-0.25, -0.2) is 18.4 Å². The fourth-order valence-electron chi connectivity index (χ4n) is 3.61. The van der Waals surface area contributed by atoms with Crippen molar-refractivity contribution >= 4 is 43.7 Å². The van der Waals surface area contributed by atoms with Gasteiger partial charge in [-0.2, -0.15) is 5.26 Å². The van der Waals surface area contributed by atoms with Gasteiger partial charge in [-0.05, 0) is 36.4 Å². The number of nitro groups is 1. The van der Waals surface area contributed by atoms with Gasteiger partial charge in [-0.1, -0.05) is 30.3 Å². The average molecular weight is 470 g/mol. The second-order valence-corrected chi connectivity index (χ2v) is 8.93. The van der Waals surface area contributed by atoms with Crippen molar-refractivity contribution in [3.63, 3.8) is 0 Å². The molecule has 3 aromatic carbocycles. The molecule has 34 heavy (non-hydrogen) atoms. The number of rotatable bonds is 5. The zero-order valence-electron chi connectivity index (χ0n) is 17.3. The minimum Gasteiger partial charge on any atom is -0.277 e. The average Bonchev–Trinajstić information content (AvgIpc) is 3.14. The van der Waals surface area contributed by atoms with E-state index >= 15 is 0 Å². The Morgan fingerprint density at radius 2 is 1.53 bits per heavy atom. The molecule has 5 aromatic rings. The minimum atomic E-state index is -4.21. The van der Waals surface area contributed by atoms with E-state index in [1.165, 1.54) is 4.57 Å². The van der Waals surface area contributed by atoms with E-state index in [2.05, 4.69) is 20.8 Å². The summed E-state index contributed by atoms with van der Waals surface area (Å²) < 4.78 is 30.4. The second-order valence-electron chi connectivity index (χ2n) is 7.25. The molecule has 0 saturated carbocycles. The number of benzene rings is 3. The zero-order valence-corrected chi connectivity index (χ0v) is 18.1. The van der Waals surface area contributed by atoms with Crippen LogP contribution in [0, 0.1) is 21.4 Å². The summed E-state index contributed by atoms with van der Waals surface area (Å²) in [6.45, 7) is 0. The molecule has 0 aliphatic rings. The summed E-state index contributed by atoms with van der Waals surface area (Å²) in [5, 5.41) is 20.9. The molecule has 0 bridgehead atoms. The Bertz CT molecular complexity index is 1720. The van der Waals surface area contributed by atoms with E-state index in [4.69, 9.17) is 0 Å². The fraction of sp³-hybridized carbons (Fsp3) is 0. The topological polar surface area (TPSA) is 144 Å². The molecule has 5 rings (SSSR count). The van der Waals surface area contributed by atoms with Gasteiger partial charge in [0.05, 0.1) is 20.9 Å². The summed E-state index contributed by atoms with van der Waals surface area (Å²) in [4.78, 5) is 19.3. The van der Waals surface area contributed by atoms with Gasteiger partial charge >= 0.3 is 0 Å². The molecule has 0 radical (unpaired) electrons. The normalized spacial score (nSPS) is 11.4. The third-order valence-corrected chi connectivity index (χ3v) is 6.53. The molecule has 11 heteroatoms. The van der Waals surface area contributed by atoms with Crippen molar-refractivity contribution in [2.24, 2.45) is 0 Å². The maximum absolute atomic E-state index is 13.2. The molecule has 2 heterocycles. The van der Waals surface area contributed by atoms with Gasteiger partial charge in [0.25, 0.3) is 15.7 Å². The molecular weight excluding hydrogens is 456 g/mol. The second kappa shape index (κ2) is 7.95. The number of sulfonamides is 1. The van der Waals surface area contributed by atoms with Crippen LogP contribution in [0.1, 0.15) is 5.56 Å². The predicted molar refractivity (Wildman–Crippen MR) is 125 cm³/mol. The Morgan fingerprint density at radius 1 is 0.912 bits per heavy atom. The van der Waals surface area contributed by atoms with Crippen LogP contribution in [-0.2, 0) is 10.0 Å². The van der Waals surface area contributed by atoms with Crippen molar-refractivity contribution in [3.05, 3.63) is 94.5 Å². The quantitative estimate of drug-likeness (QED) is 0.300. The Balaban J connectivity index is 1.76. The first kappa shape index (κ1) is 21.0. The largest absolute Gasteiger partial charge is 0.277 e. The number of para-hydroxylation sites is 3.